The van der Waals surface area contributed by atoms with Gasteiger partial charge in [-0.15, -0.1) is 0 Å². The predicted molar refractivity (Wildman–Crippen MR) is 60.3 cm³/mol. The van der Waals surface area contributed by atoms with Gasteiger partial charge in [-0.25, -0.2) is 8.42 Å². The van der Waals surface area contributed by atoms with Crippen molar-refractivity contribution < 1.29 is 21.6 Å². The SMILES string of the molecule is Cn1ncc(N)c1NS(=O)(=O)CCCC(F)(F)F. The van der Waals surface area contributed by atoms with Crippen LogP contribution in [0.5, 0.6) is 0 Å². The Morgan fingerprint density at radius 2 is 2.11 bits per heavy atom. The summed E-state index contributed by atoms with van der Waals surface area (Å²) in [6.45, 7) is 0. The van der Waals surface area contributed by atoms with Crippen molar-refractivity contribution in [3.05, 3.63) is 6.20 Å². The van der Waals surface area contributed by atoms with E-state index >= 15 is 0 Å². The maximum Gasteiger partial charge on any atom is 0.389 e. The molecule has 0 radical (unpaired) electrons. The summed E-state index contributed by atoms with van der Waals surface area (Å²) in [6.07, 6.45) is -4.76. The molecule has 0 aliphatic rings. The second kappa shape index (κ2) is 5.04. The summed E-state index contributed by atoms with van der Waals surface area (Å²) in [7, 11) is -2.40. The van der Waals surface area contributed by atoms with Crippen molar-refractivity contribution in [1.29, 1.82) is 0 Å². The first-order chi connectivity index (χ1) is 8.11. The van der Waals surface area contributed by atoms with Crippen molar-refractivity contribution in [2.75, 3.05) is 16.2 Å². The van der Waals surface area contributed by atoms with Crippen LogP contribution in [0.2, 0.25) is 0 Å². The summed E-state index contributed by atoms with van der Waals surface area (Å²) < 4.78 is 62.0. The van der Waals surface area contributed by atoms with Crippen LogP contribution in [0, 0.1) is 0 Å². The number of aromatic nitrogens is 2. The normalized spacial score (nSPS) is 12.7. The molecular formula is C8H13F3N4O2S. The fourth-order valence-electron chi connectivity index (χ4n) is 1.24. The lowest BCUT2D eigenvalue weighted by Gasteiger charge is -2.09. The van der Waals surface area contributed by atoms with Crippen LogP contribution in [0.4, 0.5) is 24.7 Å². The first-order valence-electron chi connectivity index (χ1n) is 4.95. The summed E-state index contributed by atoms with van der Waals surface area (Å²) in [5.41, 5.74) is 5.56. The van der Waals surface area contributed by atoms with Crippen LogP contribution in [0.1, 0.15) is 12.8 Å². The first kappa shape index (κ1) is 14.6. The molecule has 0 unspecified atom stereocenters. The molecule has 0 amide bonds. The van der Waals surface area contributed by atoms with Gasteiger partial charge in [0.15, 0.2) is 5.82 Å². The number of sulfonamides is 1. The van der Waals surface area contributed by atoms with E-state index in [1.54, 1.807) is 0 Å². The van der Waals surface area contributed by atoms with E-state index in [-0.39, 0.29) is 11.5 Å². The fourth-order valence-corrected chi connectivity index (χ4v) is 2.41. The van der Waals surface area contributed by atoms with Crippen LogP contribution in [-0.4, -0.2) is 30.1 Å². The smallest absolute Gasteiger partial charge is 0.389 e. The molecule has 3 N–H and O–H groups in total. The Labute approximate surface area is 102 Å². The van der Waals surface area contributed by atoms with Crippen molar-refractivity contribution in [3.8, 4) is 0 Å². The molecule has 1 aromatic heterocycles. The number of nitrogens with zero attached hydrogens (tertiary/aromatic N) is 2. The van der Waals surface area contributed by atoms with E-state index in [2.05, 4.69) is 9.82 Å². The molecular weight excluding hydrogens is 273 g/mol. The number of alkyl halides is 3. The first-order valence-corrected chi connectivity index (χ1v) is 6.61. The second-order valence-electron chi connectivity index (χ2n) is 3.71. The highest BCUT2D eigenvalue weighted by Crippen LogP contribution is 2.22. The fraction of sp³-hybridized carbons (Fsp3) is 0.625. The van der Waals surface area contributed by atoms with E-state index < -0.39 is 34.8 Å². The van der Waals surface area contributed by atoms with Gasteiger partial charge in [-0.05, 0) is 6.42 Å². The molecule has 0 aromatic carbocycles. The molecule has 18 heavy (non-hydrogen) atoms. The Hall–Kier alpha value is -1.45. The van der Waals surface area contributed by atoms with Gasteiger partial charge in [0.2, 0.25) is 10.0 Å². The van der Waals surface area contributed by atoms with E-state index in [1.807, 2.05) is 0 Å². The molecule has 0 saturated heterocycles. The zero-order chi connectivity index (χ0) is 14.0. The zero-order valence-electron chi connectivity index (χ0n) is 9.53. The van der Waals surface area contributed by atoms with Crippen LogP contribution < -0.4 is 10.5 Å². The van der Waals surface area contributed by atoms with Gasteiger partial charge in [-0.1, -0.05) is 0 Å². The van der Waals surface area contributed by atoms with E-state index in [9.17, 15) is 21.6 Å². The number of nitrogen functional groups attached to an aromatic ring is 1. The number of rotatable bonds is 5. The highest BCUT2D eigenvalue weighted by Gasteiger charge is 2.27. The summed E-state index contributed by atoms with van der Waals surface area (Å²) in [5, 5.41) is 3.70. The Balaban J connectivity index is 2.61. The quantitative estimate of drug-likeness (QED) is 0.847. The van der Waals surface area contributed by atoms with Crippen molar-refractivity contribution >= 4 is 21.5 Å². The molecule has 1 aromatic rings. The minimum Gasteiger partial charge on any atom is -0.394 e. The molecule has 0 atom stereocenters. The van der Waals surface area contributed by atoms with Gasteiger partial charge in [0.1, 0.15) is 0 Å². The van der Waals surface area contributed by atoms with Crippen LogP contribution in [-0.2, 0) is 17.1 Å². The topological polar surface area (TPSA) is 90.0 Å². The number of halogens is 3. The molecule has 104 valence electrons. The molecule has 10 heteroatoms. The minimum absolute atomic E-state index is 0.0435. The van der Waals surface area contributed by atoms with Crippen LogP contribution in [0.25, 0.3) is 0 Å². The minimum atomic E-state index is -4.36. The van der Waals surface area contributed by atoms with E-state index in [1.165, 1.54) is 17.9 Å². The van der Waals surface area contributed by atoms with Gasteiger partial charge in [0.25, 0.3) is 0 Å². The lowest BCUT2D eigenvalue weighted by Crippen LogP contribution is -2.20. The van der Waals surface area contributed by atoms with Crippen LogP contribution in [0.15, 0.2) is 6.20 Å². The Morgan fingerprint density at radius 3 is 2.56 bits per heavy atom. The van der Waals surface area contributed by atoms with Gasteiger partial charge in [-0.3, -0.25) is 9.40 Å². The Bertz CT molecular complexity index is 489. The molecule has 1 heterocycles. The number of aryl methyl sites for hydroxylation is 1. The third-order valence-electron chi connectivity index (χ3n) is 2.09. The van der Waals surface area contributed by atoms with Gasteiger partial charge in [-0.2, -0.15) is 18.3 Å². The Morgan fingerprint density at radius 1 is 1.50 bits per heavy atom. The highest BCUT2D eigenvalue weighted by atomic mass is 32.2. The number of hydrogen-bond acceptors (Lipinski definition) is 4. The molecule has 6 nitrogen and oxygen atoms in total. The van der Waals surface area contributed by atoms with Gasteiger partial charge >= 0.3 is 6.18 Å². The summed E-state index contributed by atoms with van der Waals surface area (Å²) in [4.78, 5) is 0. The third-order valence-corrected chi connectivity index (χ3v) is 3.42. The van der Waals surface area contributed by atoms with Crippen molar-refractivity contribution in [1.82, 2.24) is 9.78 Å². The van der Waals surface area contributed by atoms with Gasteiger partial charge < -0.3 is 5.73 Å². The van der Waals surface area contributed by atoms with Gasteiger partial charge in [0, 0.05) is 13.5 Å². The molecule has 0 aliphatic heterocycles. The van der Waals surface area contributed by atoms with Crippen molar-refractivity contribution in [2.45, 2.75) is 19.0 Å². The standard InChI is InChI=1S/C8H13F3N4O2S/c1-15-7(6(12)5-13-15)14-18(16,17)4-2-3-8(9,10)11/h5,14H,2-4,12H2,1H3. The third kappa shape index (κ3) is 4.43. The Kier molecular flexibility index (Phi) is 4.09. The predicted octanol–water partition coefficient (Wildman–Crippen LogP) is 1.09. The number of hydrogen-bond donors (Lipinski definition) is 2. The van der Waals surface area contributed by atoms with Crippen LogP contribution >= 0.6 is 0 Å². The van der Waals surface area contributed by atoms with Crippen LogP contribution in [0.3, 0.4) is 0 Å². The lowest BCUT2D eigenvalue weighted by atomic mass is 10.3. The lowest BCUT2D eigenvalue weighted by molar-refractivity contribution is -0.134. The number of anilines is 2. The average Bonchev–Trinajstić information content (AvgIpc) is 2.46. The largest absolute Gasteiger partial charge is 0.394 e. The summed E-state index contributed by atoms with van der Waals surface area (Å²) in [5.74, 6) is -0.584. The van der Waals surface area contributed by atoms with Crippen molar-refractivity contribution in [2.24, 2.45) is 7.05 Å². The molecule has 0 saturated carbocycles. The van der Waals surface area contributed by atoms with Gasteiger partial charge in [0.05, 0.1) is 17.6 Å². The molecule has 0 fully saturated rings. The van der Waals surface area contributed by atoms with E-state index in [4.69, 9.17) is 5.73 Å². The number of nitrogens with two attached hydrogens (primary N) is 1. The molecule has 0 spiro atoms. The highest BCUT2D eigenvalue weighted by molar-refractivity contribution is 7.92. The maximum absolute atomic E-state index is 11.9. The van der Waals surface area contributed by atoms with Crippen molar-refractivity contribution in [3.63, 3.8) is 0 Å². The average molecular weight is 286 g/mol. The molecule has 0 bridgehead atoms. The zero-order valence-corrected chi connectivity index (χ0v) is 10.3. The summed E-state index contributed by atoms with van der Waals surface area (Å²) >= 11 is 0. The summed E-state index contributed by atoms with van der Waals surface area (Å²) in [6, 6.07) is 0. The number of nitrogens with one attached hydrogen (secondary N) is 1. The second-order valence-corrected chi connectivity index (χ2v) is 5.55. The van der Waals surface area contributed by atoms with E-state index in [0.717, 1.165) is 0 Å². The monoisotopic (exact) mass is 286 g/mol. The molecule has 0 aliphatic carbocycles. The molecule has 1 rings (SSSR count). The van der Waals surface area contributed by atoms with E-state index in [0.29, 0.717) is 0 Å². The maximum atomic E-state index is 11.9.